The molecule has 3 aromatic carbocycles. The van der Waals surface area contributed by atoms with E-state index >= 15 is 0 Å². The predicted molar refractivity (Wildman–Crippen MR) is 175 cm³/mol. The van der Waals surface area contributed by atoms with Crippen molar-refractivity contribution in [3.05, 3.63) is 84.2 Å². The van der Waals surface area contributed by atoms with Crippen molar-refractivity contribution in [2.75, 3.05) is 37.9 Å². The molecular formula is C32H36N6O6S2. The molecule has 0 bridgehead atoms. The highest BCUT2D eigenvalue weighted by atomic mass is 32.2. The van der Waals surface area contributed by atoms with Gasteiger partial charge < -0.3 is 20.1 Å². The minimum Gasteiger partial charge on any atom is -0.497 e. The van der Waals surface area contributed by atoms with Crippen LogP contribution in [0.2, 0.25) is 0 Å². The Morgan fingerprint density at radius 3 is 2.22 bits per heavy atom. The molecule has 46 heavy (non-hydrogen) atoms. The molecular weight excluding hydrogens is 629 g/mol. The second-order valence-corrected chi connectivity index (χ2v) is 13.3. The summed E-state index contributed by atoms with van der Waals surface area (Å²) >= 11 is 1.21. The number of piperidine rings is 1. The third-order valence-electron chi connectivity index (χ3n) is 7.29. The molecule has 242 valence electrons. The summed E-state index contributed by atoms with van der Waals surface area (Å²) < 4.78 is 40.0. The third kappa shape index (κ3) is 8.05. The molecule has 0 aliphatic carbocycles. The summed E-state index contributed by atoms with van der Waals surface area (Å²) in [6.45, 7) is 3.48. The van der Waals surface area contributed by atoms with Crippen LogP contribution in [-0.2, 0) is 21.4 Å². The number of methoxy groups -OCH3 is 1. The van der Waals surface area contributed by atoms with Crippen LogP contribution in [0.1, 0.15) is 42.4 Å². The van der Waals surface area contributed by atoms with E-state index in [-0.39, 0.29) is 23.1 Å². The number of hydrogen-bond acceptors (Lipinski definition) is 9. The summed E-state index contributed by atoms with van der Waals surface area (Å²) in [7, 11) is -2.02. The summed E-state index contributed by atoms with van der Waals surface area (Å²) in [6.07, 6.45) is 2.72. The maximum atomic E-state index is 13.1. The summed E-state index contributed by atoms with van der Waals surface area (Å²) in [5, 5.41) is 14.8. The van der Waals surface area contributed by atoms with Crippen LogP contribution in [0, 0.1) is 0 Å². The van der Waals surface area contributed by atoms with Gasteiger partial charge in [0.1, 0.15) is 11.5 Å². The van der Waals surface area contributed by atoms with Crippen LogP contribution in [0.5, 0.6) is 11.5 Å². The minimum absolute atomic E-state index is 0.0332. The van der Waals surface area contributed by atoms with E-state index in [0.717, 1.165) is 24.9 Å². The molecule has 0 spiro atoms. The van der Waals surface area contributed by atoms with Crippen LogP contribution in [0.4, 0.5) is 5.69 Å². The Morgan fingerprint density at radius 1 is 0.891 bits per heavy atom. The van der Waals surface area contributed by atoms with Crippen molar-refractivity contribution in [2.45, 2.75) is 42.8 Å². The largest absolute Gasteiger partial charge is 0.497 e. The molecule has 0 unspecified atom stereocenters. The molecule has 12 nitrogen and oxygen atoms in total. The monoisotopic (exact) mass is 664 g/mol. The van der Waals surface area contributed by atoms with Crippen LogP contribution < -0.4 is 20.1 Å². The van der Waals surface area contributed by atoms with E-state index in [1.807, 2.05) is 31.2 Å². The summed E-state index contributed by atoms with van der Waals surface area (Å²) in [5.74, 6) is 1.29. The quantitative estimate of drug-likeness (QED) is 0.197. The van der Waals surface area contributed by atoms with E-state index in [1.54, 1.807) is 35.9 Å². The van der Waals surface area contributed by atoms with Gasteiger partial charge in [-0.2, -0.15) is 4.31 Å². The highest BCUT2D eigenvalue weighted by Crippen LogP contribution is 2.25. The van der Waals surface area contributed by atoms with Gasteiger partial charge in [-0.3, -0.25) is 14.2 Å². The number of thioether (sulfide) groups is 1. The van der Waals surface area contributed by atoms with Crippen molar-refractivity contribution in [2.24, 2.45) is 0 Å². The van der Waals surface area contributed by atoms with Crippen molar-refractivity contribution >= 4 is 39.3 Å². The summed E-state index contributed by atoms with van der Waals surface area (Å²) in [6, 6.07) is 20.3. The average molecular weight is 665 g/mol. The number of benzene rings is 3. The average Bonchev–Trinajstić information content (AvgIpc) is 3.50. The zero-order chi connectivity index (χ0) is 32.5. The van der Waals surface area contributed by atoms with Gasteiger partial charge in [-0.1, -0.05) is 18.2 Å². The van der Waals surface area contributed by atoms with E-state index in [2.05, 4.69) is 20.8 Å². The number of anilines is 1. The number of ether oxygens (including phenoxy) is 2. The van der Waals surface area contributed by atoms with Crippen molar-refractivity contribution in [3.8, 4) is 17.2 Å². The molecule has 2 heterocycles. The number of nitrogens with one attached hydrogen (secondary N) is 2. The molecule has 1 aromatic heterocycles. The Bertz CT molecular complexity index is 1740. The molecule has 1 aliphatic rings. The standard InChI is InChI=1S/C32H36N6O6S2/c1-3-44-27-15-11-25(12-16-27)38-29(35-36-32(38)45-22-30(39)34-24-9-13-26(43-2)14-10-24)21-33-31(40)23-7-17-28(18-8-23)46(41,42)37-19-5-4-6-20-37/h7-18H,3-6,19-22H2,1-2H3,(H,33,40)(H,34,39). The van der Waals surface area contributed by atoms with E-state index in [0.29, 0.717) is 53.4 Å². The first kappa shape index (κ1) is 33.0. The van der Waals surface area contributed by atoms with Crippen LogP contribution in [0.15, 0.2) is 82.8 Å². The van der Waals surface area contributed by atoms with Gasteiger partial charge in [0, 0.05) is 30.0 Å². The van der Waals surface area contributed by atoms with Crippen LogP contribution in [0.3, 0.4) is 0 Å². The Labute approximate surface area is 272 Å². The molecule has 2 amide bonds. The first-order valence-corrected chi connectivity index (χ1v) is 17.3. The van der Waals surface area contributed by atoms with Crippen LogP contribution >= 0.6 is 11.8 Å². The number of sulfonamides is 1. The zero-order valence-electron chi connectivity index (χ0n) is 25.6. The fourth-order valence-corrected chi connectivity index (χ4v) is 7.21. The first-order chi connectivity index (χ1) is 22.3. The maximum absolute atomic E-state index is 13.1. The summed E-state index contributed by atoms with van der Waals surface area (Å²) in [5.41, 5.74) is 1.68. The molecule has 0 atom stereocenters. The molecule has 4 aromatic rings. The second-order valence-electron chi connectivity index (χ2n) is 10.4. The smallest absolute Gasteiger partial charge is 0.251 e. The SMILES string of the molecule is CCOc1ccc(-n2c(CNC(=O)c3ccc(S(=O)(=O)N4CCCCC4)cc3)nnc2SCC(=O)Nc2ccc(OC)cc2)cc1. The van der Waals surface area contributed by atoms with Crippen molar-refractivity contribution in [1.29, 1.82) is 0 Å². The number of hydrogen-bond donors (Lipinski definition) is 2. The van der Waals surface area contributed by atoms with Gasteiger partial charge in [0.2, 0.25) is 15.9 Å². The lowest BCUT2D eigenvalue weighted by Crippen LogP contribution is -2.35. The Morgan fingerprint density at radius 2 is 1.57 bits per heavy atom. The fraction of sp³-hybridized carbons (Fsp3) is 0.312. The highest BCUT2D eigenvalue weighted by Gasteiger charge is 2.26. The normalized spacial score (nSPS) is 13.6. The number of carbonyl (C=O) groups excluding carboxylic acids is 2. The predicted octanol–water partition coefficient (Wildman–Crippen LogP) is 4.51. The lowest BCUT2D eigenvalue weighted by atomic mass is 10.2. The van der Waals surface area contributed by atoms with E-state index < -0.39 is 15.9 Å². The topological polar surface area (TPSA) is 145 Å². The Hall–Kier alpha value is -4.40. The number of rotatable bonds is 13. The van der Waals surface area contributed by atoms with Gasteiger partial charge in [-0.25, -0.2) is 8.42 Å². The Kier molecular flexibility index (Phi) is 10.9. The molecule has 1 aliphatic heterocycles. The van der Waals surface area contributed by atoms with Crippen LogP contribution in [0.25, 0.3) is 5.69 Å². The summed E-state index contributed by atoms with van der Waals surface area (Å²) in [4.78, 5) is 26.0. The van der Waals surface area contributed by atoms with Crippen molar-refractivity contribution in [1.82, 2.24) is 24.4 Å². The van der Waals surface area contributed by atoms with Crippen molar-refractivity contribution in [3.63, 3.8) is 0 Å². The third-order valence-corrected chi connectivity index (χ3v) is 10.1. The lowest BCUT2D eigenvalue weighted by molar-refractivity contribution is -0.113. The molecule has 0 saturated carbocycles. The number of carbonyl (C=O) groups is 2. The number of aromatic nitrogens is 3. The minimum atomic E-state index is -3.60. The van der Waals surface area contributed by atoms with Gasteiger partial charge in [0.25, 0.3) is 5.91 Å². The highest BCUT2D eigenvalue weighted by molar-refractivity contribution is 7.99. The molecule has 1 fully saturated rings. The van der Waals surface area contributed by atoms with E-state index in [9.17, 15) is 18.0 Å². The molecule has 2 N–H and O–H groups in total. The van der Waals surface area contributed by atoms with Crippen molar-refractivity contribution < 1.29 is 27.5 Å². The Balaban J connectivity index is 1.28. The molecule has 0 radical (unpaired) electrons. The van der Waals surface area contributed by atoms with Crippen LogP contribution in [-0.4, -0.2) is 71.9 Å². The van der Waals surface area contributed by atoms with E-state index in [1.165, 1.54) is 40.3 Å². The zero-order valence-corrected chi connectivity index (χ0v) is 27.3. The second kappa shape index (κ2) is 15.3. The van der Waals surface area contributed by atoms with Gasteiger partial charge in [-0.05, 0) is 92.6 Å². The first-order valence-electron chi connectivity index (χ1n) is 14.9. The van der Waals surface area contributed by atoms with E-state index in [4.69, 9.17) is 9.47 Å². The lowest BCUT2D eigenvalue weighted by Gasteiger charge is -2.25. The number of nitrogens with zero attached hydrogens (tertiary/aromatic N) is 4. The fourth-order valence-electron chi connectivity index (χ4n) is 4.92. The molecule has 1 saturated heterocycles. The number of amides is 2. The molecule has 5 rings (SSSR count). The van der Waals surface area contributed by atoms with Gasteiger partial charge in [-0.15, -0.1) is 10.2 Å². The molecule has 14 heteroatoms. The van der Waals surface area contributed by atoms with Gasteiger partial charge in [0.15, 0.2) is 11.0 Å². The van der Waals surface area contributed by atoms with Gasteiger partial charge in [0.05, 0.1) is 30.9 Å². The maximum Gasteiger partial charge on any atom is 0.251 e. The van der Waals surface area contributed by atoms with Gasteiger partial charge >= 0.3 is 0 Å².